The van der Waals surface area contributed by atoms with E-state index in [-0.39, 0.29) is 36.3 Å². The van der Waals surface area contributed by atoms with Gasteiger partial charge in [0, 0.05) is 0 Å². The summed E-state index contributed by atoms with van der Waals surface area (Å²) in [5.74, 6) is -0.303. The lowest BCUT2D eigenvalue weighted by molar-refractivity contribution is -0.152. The van der Waals surface area contributed by atoms with Crippen LogP contribution < -0.4 is 11.1 Å². The predicted octanol–water partition coefficient (Wildman–Crippen LogP) is 2.16. The van der Waals surface area contributed by atoms with E-state index in [1.165, 1.54) is 0 Å². The fourth-order valence-electron chi connectivity index (χ4n) is 2.53. The van der Waals surface area contributed by atoms with Crippen LogP contribution in [0.5, 0.6) is 0 Å². The maximum atomic E-state index is 12.3. The van der Waals surface area contributed by atoms with E-state index >= 15 is 0 Å². The quantitative estimate of drug-likeness (QED) is 0.735. The van der Waals surface area contributed by atoms with Crippen LogP contribution in [-0.4, -0.2) is 29.6 Å². The van der Waals surface area contributed by atoms with Gasteiger partial charge in [-0.05, 0) is 39.0 Å². The van der Waals surface area contributed by atoms with Gasteiger partial charge in [-0.1, -0.05) is 26.7 Å². The molecule has 21 heavy (non-hydrogen) atoms. The minimum Gasteiger partial charge on any atom is -0.461 e. The smallest absolute Gasteiger partial charge is 0.328 e. The van der Waals surface area contributed by atoms with Crippen molar-refractivity contribution in [3.05, 3.63) is 0 Å². The van der Waals surface area contributed by atoms with Gasteiger partial charge in [-0.3, -0.25) is 4.79 Å². The van der Waals surface area contributed by atoms with Crippen molar-refractivity contribution in [2.45, 2.75) is 77.5 Å². The third-order valence-electron chi connectivity index (χ3n) is 3.60. The molecule has 124 valence electrons. The molecule has 0 aromatic rings. The van der Waals surface area contributed by atoms with Gasteiger partial charge in [-0.15, -0.1) is 12.4 Å². The van der Waals surface area contributed by atoms with Crippen molar-refractivity contribution in [3.63, 3.8) is 0 Å². The number of ether oxygens (including phenoxy) is 1. The highest BCUT2D eigenvalue weighted by molar-refractivity contribution is 5.90. The number of halogens is 1. The molecule has 1 rings (SSSR count). The number of rotatable bonds is 6. The first kappa shape index (κ1) is 20.2. The molecule has 1 saturated carbocycles. The molecule has 0 aromatic carbocycles. The average molecular weight is 321 g/mol. The first-order valence-corrected chi connectivity index (χ1v) is 7.55. The van der Waals surface area contributed by atoms with Gasteiger partial charge in [-0.25, -0.2) is 4.79 Å². The normalized spacial score (nSPS) is 18.2. The molecule has 0 bridgehead atoms. The standard InChI is InChI=1S/C15H28N2O3.ClH/c1-10(2)9-12(13(18)20-11(3)4)17-14(19)15(16)7-5-6-8-15;/h10-12H,5-9,16H2,1-4H3,(H,17,19);1H/t12-;/m0./s1. The van der Waals surface area contributed by atoms with Gasteiger partial charge in [0.25, 0.3) is 0 Å². The first-order chi connectivity index (χ1) is 9.24. The molecule has 6 heteroatoms. The van der Waals surface area contributed by atoms with Gasteiger partial charge >= 0.3 is 5.97 Å². The van der Waals surface area contributed by atoms with Crippen LogP contribution in [0.15, 0.2) is 0 Å². The van der Waals surface area contributed by atoms with E-state index in [0.29, 0.717) is 19.3 Å². The summed E-state index contributed by atoms with van der Waals surface area (Å²) in [6.45, 7) is 7.62. The van der Waals surface area contributed by atoms with Crippen LogP contribution in [0.3, 0.4) is 0 Å². The number of amides is 1. The second-order valence-corrected chi connectivity index (χ2v) is 6.50. The summed E-state index contributed by atoms with van der Waals surface area (Å²) in [7, 11) is 0. The van der Waals surface area contributed by atoms with Crippen LogP contribution in [0.25, 0.3) is 0 Å². The summed E-state index contributed by atoms with van der Waals surface area (Å²) in [5, 5.41) is 2.80. The highest BCUT2D eigenvalue weighted by Gasteiger charge is 2.39. The van der Waals surface area contributed by atoms with Gasteiger partial charge in [0.15, 0.2) is 0 Å². The average Bonchev–Trinajstić information content (AvgIpc) is 2.75. The molecule has 0 radical (unpaired) electrons. The van der Waals surface area contributed by atoms with Crippen LogP contribution in [0.1, 0.15) is 59.8 Å². The molecule has 1 aliphatic carbocycles. The number of nitrogens with two attached hydrogens (primary N) is 1. The Labute approximate surface area is 133 Å². The second-order valence-electron chi connectivity index (χ2n) is 6.50. The number of hydrogen-bond donors (Lipinski definition) is 2. The van der Waals surface area contributed by atoms with Gasteiger partial charge in [0.2, 0.25) is 5.91 Å². The number of hydrogen-bond acceptors (Lipinski definition) is 4. The number of esters is 1. The maximum Gasteiger partial charge on any atom is 0.328 e. The lowest BCUT2D eigenvalue weighted by atomic mass is 9.96. The van der Waals surface area contributed by atoms with Crippen molar-refractivity contribution in [1.29, 1.82) is 0 Å². The van der Waals surface area contributed by atoms with Crippen LogP contribution >= 0.6 is 12.4 Å². The minimum atomic E-state index is -0.812. The number of carbonyl (C=O) groups is 2. The Morgan fingerprint density at radius 3 is 2.14 bits per heavy atom. The fourth-order valence-corrected chi connectivity index (χ4v) is 2.53. The molecular weight excluding hydrogens is 292 g/mol. The number of carbonyl (C=O) groups excluding carboxylic acids is 2. The molecular formula is C15H29ClN2O3. The highest BCUT2D eigenvalue weighted by atomic mass is 35.5. The Kier molecular flexibility index (Phi) is 8.26. The molecule has 1 atom stereocenters. The zero-order valence-electron chi connectivity index (χ0n) is 13.5. The Morgan fingerprint density at radius 2 is 1.71 bits per heavy atom. The first-order valence-electron chi connectivity index (χ1n) is 7.55. The molecule has 1 amide bonds. The minimum absolute atomic E-state index is 0. The lowest BCUT2D eigenvalue weighted by Gasteiger charge is -2.27. The summed E-state index contributed by atoms with van der Waals surface area (Å²) in [5.41, 5.74) is 5.31. The van der Waals surface area contributed by atoms with Gasteiger partial charge < -0.3 is 15.8 Å². The van der Waals surface area contributed by atoms with Crippen LogP contribution in [0, 0.1) is 5.92 Å². The predicted molar refractivity (Wildman–Crippen MR) is 85.2 cm³/mol. The zero-order valence-corrected chi connectivity index (χ0v) is 14.3. The van der Waals surface area contributed by atoms with Crippen molar-refractivity contribution in [1.82, 2.24) is 5.32 Å². The van der Waals surface area contributed by atoms with Gasteiger partial charge in [-0.2, -0.15) is 0 Å². The maximum absolute atomic E-state index is 12.3. The Morgan fingerprint density at radius 1 is 1.19 bits per heavy atom. The second kappa shape index (κ2) is 8.59. The monoisotopic (exact) mass is 320 g/mol. The van der Waals surface area contributed by atoms with Crippen LogP contribution in [-0.2, 0) is 14.3 Å². The third-order valence-corrected chi connectivity index (χ3v) is 3.60. The molecule has 0 spiro atoms. The molecule has 0 heterocycles. The molecule has 0 aliphatic heterocycles. The van der Waals surface area contributed by atoms with E-state index in [0.717, 1.165) is 12.8 Å². The molecule has 1 aliphatic rings. The Hall–Kier alpha value is -0.810. The van der Waals surface area contributed by atoms with E-state index in [4.69, 9.17) is 10.5 Å². The summed E-state index contributed by atoms with van der Waals surface area (Å²) in [4.78, 5) is 24.4. The van der Waals surface area contributed by atoms with E-state index in [9.17, 15) is 9.59 Å². The van der Waals surface area contributed by atoms with E-state index in [1.807, 2.05) is 13.8 Å². The van der Waals surface area contributed by atoms with Crippen molar-refractivity contribution < 1.29 is 14.3 Å². The highest BCUT2D eigenvalue weighted by Crippen LogP contribution is 2.27. The van der Waals surface area contributed by atoms with Gasteiger partial charge in [0.05, 0.1) is 11.6 Å². The topological polar surface area (TPSA) is 81.4 Å². The van der Waals surface area contributed by atoms with E-state index in [1.54, 1.807) is 13.8 Å². The zero-order chi connectivity index (χ0) is 15.3. The summed E-state index contributed by atoms with van der Waals surface area (Å²) >= 11 is 0. The molecule has 0 unspecified atom stereocenters. The SMILES string of the molecule is CC(C)C[C@H](NC(=O)C1(N)CCCC1)C(=O)OC(C)C.Cl. The molecule has 3 N–H and O–H groups in total. The third kappa shape index (κ3) is 6.22. The van der Waals surface area contributed by atoms with E-state index in [2.05, 4.69) is 5.32 Å². The molecule has 0 saturated heterocycles. The van der Waals surface area contributed by atoms with Crippen molar-refractivity contribution in [2.75, 3.05) is 0 Å². The Bertz CT molecular complexity index is 353. The van der Waals surface area contributed by atoms with Crippen LogP contribution in [0.4, 0.5) is 0 Å². The summed E-state index contributed by atoms with van der Waals surface area (Å²) < 4.78 is 5.22. The van der Waals surface area contributed by atoms with E-state index < -0.39 is 11.6 Å². The summed E-state index contributed by atoms with van der Waals surface area (Å²) in [6, 6.07) is -0.606. The fraction of sp³-hybridized carbons (Fsp3) is 0.867. The largest absolute Gasteiger partial charge is 0.461 e. The Balaban J connectivity index is 0.00000400. The number of nitrogens with one attached hydrogen (secondary N) is 1. The van der Waals surface area contributed by atoms with Crippen molar-refractivity contribution in [2.24, 2.45) is 11.7 Å². The van der Waals surface area contributed by atoms with Crippen LogP contribution in [0.2, 0.25) is 0 Å². The van der Waals surface area contributed by atoms with Crippen molar-refractivity contribution in [3.8, 4) is 0 Å². The van der Waals surface area contributed by atoms with Gasteiger partial charge in [0.1, 0.15) is 6.04 Å². The van der Waals surface area contributed by atoms with Crippen molar-refractivity contribution >= 4 is 24.3 Å². The molecule has 0 aromatic heterocycles. The molecule has 5 nitrogen and oxygen atoms in total. The molecule has 1 fully saturated rings. The lowest BCUT2D eigenvalue weighted by Crippen LogP contribution is -2.56. The summed E-state index contributed by atoms with van der Waals surface area (Å²) in [6.07, 6.45) is 3.68.